The molecule has 0 bridgehead atoms. The van der Waals surface area contributed by atoms with E-state index in [1.165, 1.54) is 18.1 Å². The van der Waals surface area contributed by atoms with Gasteiger partial charge in [0.15, 0.2) is 0 Å². The van der Waals surface area contributed by atoms with E-state index in [0.717, 1.165) is 11.3 Å². The van der Waals surface area contributed by atoms with E-state index in [1.807, 2.05) is 0 Å². The van der Waals surface area contributed by atoms with Gasteiger partial charge in [-0.25, -0.2) is 0 Å². The lowest BCUT2D eigenvalue weighted by atomic mass is 10.2. The minimum atomic E-state index is 0.0957. The van der Waals surface area contributed by atoms with E-state index in [1.54, 1.807) is 5.30 Å². The second-order valence-electron chi connectivity index (χ2n) is 4.24. The Morgan fingerprint density at radius 2 is 1.71 bits per heavy atom. The molecule has 0 N–H and O–H groups in total. The summed E-state index contributed by atoms with van der Waals surface area (Å²) in [6, 6.07) is 8.86. The summed E-state index contributed by atoms with van der Waals surface area (Å²) in [5, 5.41) is 3.03. The van der Waals surface area contributed by atoms with Gasteiger partial charge in [-0.15, -0.1) is 9.24 Å². The van der Waals surface area contributed by atoms with E-state index in [2.05, 4.69) is 47.4 Å². The quantitative estimate of drug-likeness (QED) is 0.643. The van der Waals surface area contributed by atoms with Gasteiger partial charge in [0.05, 0.1) is 0 Å². The highest BCUT2D eigenvalue weighted by Crippen LogP contribution is 2.53. The van der Waals surface area contributed by atoms with Gasteiger partial charge in [-0.05, 0) is 34.8 Å². The normalized spacial score (nSPS) is 28.2. The summed E-state index contributed by atoms with van der Waals surface area (Å²) >= 11 is 0. The van der Waals surface area contributed by atoms with Crippen LogP contribution in [0.1, 0.15) is 26.7 Å². The van der Waals surface area contributed by atoms with Gasteiger partial charge in [0.2, 0.25) is 0 Å². The van der Waals surface area contributed by atoms with Crippen LogP contribution in [0.4, 0.5) is 0 Å². The fourth-order valence-electron chi connectivity index (χ4n) is 2.39. The molecule has 1 saturated heterocycles. The molecular weight excluding hydrogens is 206 g/mol. The van der Waals surface area contributed by atoms with Crippen molar-refractivity contribution in [2.45, 2.75) is 38.0 Å². The Morgan fingerprint density at radius 1 is 1.14 bits per heavy atom. The molecule has 1 aromatic rings. The molecular formula is C12H18P2. The van der Waals surface area contributed by atoms with Gasteiger partial charge in [0, 0.05) is 0 Å². The fourth-order valence-corrected chi connectivity index (χ4v) is 6.35. The van der Waals surface area contributed by atoms with Crippen molar-refractivity contribution >= 4 is 27.8 Å². The first-order chi connectivity index (χ1) is 6.70. The Kier molecular flexibility index (Phi) is 3.25. The van der Waals surface area contributed by atoms with Crippen molar-refractivity contribution in [3.8, 4) is 0 Å². The van der Waals surface area contributed by atoms with Gasteiger partial charge >= 0.3 is 0 Å². The smallest absolute Gasteiger partial charge is 0.0164 e. The van der Waals surface area contributed by atoms with Crippen molar-refractivity contribution in [3.63, 3.8) is 0 Å². The van der Waals surface area contributed by atoms with Crippen molar-refractivity contribution in [1.82, 2.24) is 0 Å². The van der Waals surface area contributed by atoms with E-state index in [9.17, 15) is 0 Å². The molecule has 0 nitrogen and oxygen atoms in total. The third-order valence-corrected chi connectivity index (χ3v) is 7.29. The molecule has 0 aliphatic carbocycles. The molecule has 1 aromatic carbocycles. The van der Waals surface area contributed by atoms with Gasteiger partial charge in [-0.1, -0.05) is 46.0 Å². The molecule has 1 aliphatic rings. The van der Waals surface area contributed by atoms with E-state index in [-0.39, 0.29) is 7.92 Å². The number of hydrogen-bond donors (Lipinski definition) is 0. The summed E-state index contributed by atoms with van der Waals surface area (Å²) in [6.45, 7) is 4.85. The first-order valence-electron chi connectivity index (χ1n) is 5.33. The molecule has 1 fully saturated rings. The highest BCUT2D eigenvalue weighted by molar-refractivity contribution is 7.68. The predicted octanol–water partition coefficient (Wildman–Crippen LogP) is 2.87. The van der Waals surface area contributed by atoms with Gasteiger partial charge in [-0.2, -0.15) is 0 Å². The third kappa shape index (κ3) is 1.88. The summed E-state index contributed by atoms with van der Waals surface area (Å²) in [5.74, 6) is 0. The molecule has 2 heteroatoms. The second kappa shape index (κ2) is 4.30. The summed E-state index contributed by atoms with van der Waals surface area (Å²) in [6.07, 6.45) is 2.84. The van der Waals surface area contributed by atoms with Crippen LogP contribution in [0.2, 0.25) is 0 Å². The average Bonchev–Trinajstić information content (AvgIpc) is 2.48. The Labute approximate surface area is 90.4 Å². The minimum absolute atomic E-state index is 0.0957. The maximum absolute atomic E-state index is 2.89. The number of hydrogen-bond acceptors (Lipinski definition) is 0. The molecule has 1 heterocycles. The summed E-state index contributed by atoms with van der Waals surface area (Å²) in [7, 11) is 2.99. The van der Waals surface area contributed by atoms with Crippen molar-refractivity contribution in [2.24, 2.45) is 0 Å². The first kappa shape index (κ1) is 10.6. The van der Waals surface area contributed by atoms with Crippen LogP contribution in [-0.2, 0) is 0 Å². The predicted molar refractivity (Wildman–Crippen MR) is 70.5 cm³/mol. The Morgan fingerprint density at radius 3 is 2.29 bits per heavy atom. The van der Waals surface area contributed by atoms with Crippen LogP contribution < -0.4 is 10.6 Å². The molecule has 1 unspecified atom stereocenters. The standard InChI is InChI=1S/C12H18P2/c1-9-7-8-10(2)14(9)12-6-4-3-5-11(12)13/h3-6,9-10H,7-8,13H2,1-2H3/t9-,10-/m0/s1. The van der Waals surface area contributed by atoms with Crippen LogP contribution in [0.5, 0.6) is 0 Å². The van der Waals surface area contributed by atoms with Crippen molar-refractivity contribution in [2.75, 3.05) is 0 Å². The lowest BCUT2D eigenvalue weighted by molar-refractivity contribution is 0.777. The Bertz CT molecular complexity index is 312. The van der Waals surface area contributed by atoms with E-state index in [4.69, 9.17) is 0 Å². The van der Waals surface area contributed by atoms with Crippen molar-refractivity contribution in [1.29, 1.82) is 0 Å². The number of rotatable bonds is 1. The lowest BCUT2D eigenvalue weighted by Gasteiger charge is -2.22. The van der Waals surface area contributed by atoms with E-state index in [0.29, 0.717) is 0 Å². The maximum atomic E-state index is 2.89. The first-order valence-corrected chi connectivity index (χ1v) is 7.38. The molecule has 3 atom stereocenters. The molecule has 2 rings (SSSR count). The zero-order chi connectivity index (χ0) is 10.1. The molecule has 0 saturated carbocycles. The highest BCUT2D eigenvalue weighted by atomic mass is 31.1. The van der Waals surface area contributed by atoms with Gasteiger partial charge in [0.25, 0.3) is 0 Å². The second-order valence-corrected chi connectivity index (χ2v) is 7.92. The summed E-state index contributed by atoms with van der Waals surface area (Å²) in [5.41, 5.74) is 1.84. The molecule has 0 amide bonds. The molecule has 14 heavy (non-hydrogen) atoms. The summed E-state index contributed by atoms with van der Waals surface area (Å²) < 4.78 is 0. The molecule has 1 aliphatic heterocycles. The van der Waals surface area contributed by atoms with Crippen molar-refractivity contribution in [3.05, 3.63) is 24.3 Å². The van der Waals surface area contributed by atoms with Crippen LogP contribution in [-0.4, -0.2) is 11.3 Å². The Balaban J connectivity index is 2.34. The van der Waals surface area contributed by atoms with Crippen LogP contribution >= 0.6 is 17.2 Å². The van der Waals surface area contributed by atoms with Crippen molar-refractivity contribution < 1.29 is 0 Å². The van der Waals surface area contributed by atoms with E-state index >= 15 is 0 Å². The van der Waals surface area contributed by atoms with Gasteiger partial charge in [0.1, 0.15) is 0 Å². The topological polar surface area (TPSA) is 0 Å². The van der Waals surface area contributed by atoms with Gasteiger partial charge in [-0.3, -0.25) is 0 Å². The monoisotopic (exact) mass is 224 g/mol. The van der Waals surface area contributed by atoms with Crippen LogP contribution in [0.3, 0.4) is 0 Å². The largest absolute Gasteiger partial charge is 0.105 e. The minimum Gasteiger partial charge on any atom is -0.105 e. The molecule has 76 valence electrons. The van der Waals surface area contributed by atoms with Crippen LogP contribution in [0.25, 0.3) is 0 Å². The molecule has 0 radical (unpaired) electrons. The Hall–Kier alpha value is 0.0800. The molecule has 0 aromatic heterocycles. The number of benzene rings is 1. The summed E-state index contributed by atoms with van der Waals surface area (Å²) in [4.78, 5) is 0. The van der Waals surface area contributed by atoms with Gasteiger partial charge < -0.3 is 0 Å². The highest BCUT2D eigenvalue weighted by Gasteiger charge is 2.31. The fraction of sp³-hybridized carbons (Fsp3) is 0.500. The average molecular weight is 224 g/mol. The third-order valence-electron chi connectivity index (χ3n) is 3.17. The zero-order valence-electron chi connectivity index (χ0n) is 8.90. The van der Waals surface area contributed by atoms with Crippen LogP contribution in [0.15, 0.2) is 24.3 Å². The van der Waals surface area contributed by atoms with E-state index < -0.39 is 0 Å². The molecule has 0 spiro atoms. The SMILES string of the molecule is C[C@H]1CC[C@H](C)P1c1ccccc1P. The zero-order valence-corrected chi connectivity index (χ0v) is 11.0. The maximum Gasteiger partial charge on any atom is -0.0164 e. The van der Waals surface area contributed by atoms with Crippen LogP contribution in [0, 0.1) is 0 Å². The lowest BCUT2D eigenvalue weighted by Crippen LogP contribution is -2.21.